The monoisotopic (exact) mass is 349 g/mol. The number of nitrogens with zero attached hydrogens (tertiary/aromatic N) is 2. The minimum Gasteiger partial charge on any atom is -0.484 e. The number of benzene rings is 1. The fraction of sp³-hybridized carbons (Fsp3) is 0.438. The van der Waals surface area contributed by atoms with E-state index in [9.17, 15) is 4.79 Å². The first kappa shape index (κ1) is 16.5. The largest absolute Gasteiger partial charge is 0.484 e. The van der Waals surface area contributed by atoms with Crippen molar-refractivity contribution >= 4 is 22.4 Å². The number of anilines is 1. The van der Waals surface area contributed by atoms with Crippen molar-refractivity contribution in [1.82, 2.24) is 10.2 Å². The quantitative estimate of drug-likeness (QED) is 0.738. The number of ether oxygens (including phenoxy) is 3. The number of fused-ring (bicyclic) bond motifs is 1. The Hall–Kier alpha value is -2.35. The Labute approximate surface area is 144 Å². The number of hydrogen-bond acceptors (Lipinski definition) is 7. The third-order valence-electron chi connectivity index (χ3n) is 3.42. The summed E-state index contributed by atoms with van der Waals surface area (Å²) >= 11 is 1.40. The second kappa shape index (κ2) is 7.96. The van der Waals surface area contributed by atoms with Gasteiger partial charge in [0.05, 0.1) is 0 Å². The van der Waals surface area contributed by atoms with Crippen molar-refractivity contribution in [2.75, 3.05) is 18.7 Å². The molecule has 1 aromatic heterocycles. The highest BCUT2D eigenvalue weighted by molar-refractivity contribution is 7.15. The zero-order valence-electron chi connectivity index (χ0n) is 13.4. The van der Waals surface area contributed by atoms with Crippen LogP contribution in [0.1, 0.15) is 31.2 Å². The zero-order chi connectivity index (χ0) is 16.8. The zero-order valence-corrected chi connectivity index (χ0v) is 14.2. The number of rotatable bonds is 8. The topological polar surface area (TPSA) is 82.6 Å². The molecule has 1 amide bonds. The van der Waals surface area contributed by atoms with Crippen molar-refractivity contribution in [2.24, 2.45) is 0 Å². The van der Waals surface area contributed by atoms with E-state index in [2.05, 4.69) is 22.4 Å². The lowest BCUT2D eigenvalue weighted by atomic mass is 10.2. The maximum Gasteiger partial charge on any atom is 0.264 e. The van der Waals surface area contributed by atoms with Gasteiger partial charge in [0.2, 0.25) is 11.9 Å². The molecule has 0 fully saturated rings. The molecule has 0 radical (unpaired) electrons. The molecule has 0 aliphatic carbocycles. The minimum atomic E-state index is -0.274. The van der Waals surface area contributed by atoms with E-state index in [0.29, 0.717) is 22.4 Å². The van der Waals surface area contributed by atoms with E-state index in [1.807, 2.05) is 0 Å². The Balaban J connectivity index is 1.45. The van der Waals surface area contributed by atoms with Gasteiger partial charge in [0.15, 0.2) is 18.1 Å². The maximum absolute atomic E-state index is 11.9. The molecular weight excluding hydrogens is 330 g/mol. The molecule has 0 atom stereocenters. The van der Waals surface area contributed by atoms with Crippen LogP contribution in [0.2, 0.25) is 0 Å². The Kier molecular flexibility index (Phi) is 5.47. The summed E-state index contributed by atoms with van der Waals surface area (Å²) < 4.78 is 16.0. The van der Waals surface area contributed by atoms with Gasteiger partial charge < -0.3 is 14.2 Å². The second-order valence-corrected chi connectivity index (χ2v) is 6.37. The summed E-state index contributed by atoms with van der Waals surface area (Å²) in [4.78, 5) is 11.9. The molecule has 2 aromatic rings. The van der Waals surface area contributed by atoms with E-state index >= 15 is 0 Å². The first-order valence-corrected chi connectivity index (χ1v) is 8.71. The molecule has 7 nitrogen and oxygen atoms in total. The van der Waals surface area contributed by atoms with Gasteiger partial charge in [-0.2, -0.15) is 0 Å². The fourth-order valence-electron chi connectivity index (χ4n) is 2.20. The van der Waals surface area contributed by atoms with Gasteiger partial charge >= 0.3 is 0 Å². The molecule has 1 aromatic carbocycles. The summed E-state index contributed by atoms with van der Waals surface area (Å²) in [5, 5.41) is 12.2. The van der Waals surface area contributed by atoms with E-state index in [0.717, 1.165) is 17.8 Å². The van der Waals surface area contributed by atoms with Crippen LogP contribution in [-0.2, 0) is 11.2 Å². The van der Waals surface area contributed by atoms with Gasteiger partial charge in [-0.3, -0.25) is 10.1 Å². The molecule has 8 heteroatoms. The van der Waals surface area contributed by atoms with Crippen LogP contribution < -0.4 is 19.5 Å². The van der Waals surface area contributed by atoms with Gasteiger partial charge in [0.1, 0.15) is 10.8 Å². The fourth-order valence-corrected chi connectivity index (χ4v) is 3.00. The summed E-state index contributed by atoms with van der Waals surface area (Å²) in [6.45, 7) is 2.26. The first-order chi connectivity index (χ1) is 11.7. The smallest absolute Gasteiger partial charge is 0.264 e. The predicted molar refractivity (Wildman–Crippen MR) is 89.8 cm³/mol. The molecule has 128 valence electrons. The van der Waals surface area contributed by atoms with Crippen molar-refractivity contribution in [1.29, 1.82) is 0 Å². The van der Waals surface area contributed by atoms with E-state index in [4.69, 9.17) is 14.2 Å². The summed E-state index contributed by atoms with van der Waals surface area (Å²) in [5.74, 6) is 1.57. The summed E-state index contributed by atoms with van der Waals surface area (Å²) in [6, 6.07) is 5.19. The predicted octanol–water partition coefficient (Wildman–Crippen LogP) is 3.02. The number of hydrogen-bond donors (Lipinski definition) is 1. The van der Waals surface area contributed by atoms with Gasteiger partial charge in [-0.15, -0.1) is 10.2 Å². The van der Waals surface area contributed by atoms with Crippen LogP contribution in [0.5, 0.6) is 17.2 Å². The Morgan fingerprint density at radius 2 is 2.17 bits per heavy atom. The van der Waals surface area contributed by atoms with E-state index in [1.165, 1.54) is 24.2 Å². The highest BCUT2D eigenvalue weighted by Crippen LogP contribution is 2.35. The van der Waals surface area contributed by atoms with Crippen LogP contribution >= 0.6 is 11.3 Å². The number of carbonyl (C=O) groups is 1. The van der Waals surface area contributed by atoms with Crippen molar-refractivity contribution in [2.45, 2.75) is 32.6 Å². The Bertz CT molecular complexity index is 704. The molecule has 0 unspecified atom stereocenters. The second-order valence-electron chi connectivity index (χ2n) is 5.31. The molecule has 2 heterocycles. The van der Waals surface area contributed by atoms with Crippen LogP contribution in [0, 0.1) is 0 Å². The van der Waals surface area contributed by atoms with Gasteiger partial charge in [-0.1, -0.05) is 31.1 Å². The van der Waals surface area contributed by atoms with Crippen LogP contribution in [0.3, 0.4) is 0 Å². The average molecular weight is 349 g/mol. The van der Waals surface area contributed by atoms with Crippen LogP contribution in [0.4, 0.5) is 5.13 Å². The van der Waals surface area contributed by atoms with Crippen molar-refractivity contribution < 1.29 is 19.0 Å². The van der Waals surface area contributed by atoms with Gasteiger partial charge in [0, 0.05) is 12.5 Å². The highest BCUT2D eigenvalue weighted by atomic mass is 32.1. The Morgan fingerprint density at radius 1 is 1.29 bits per heavy atom. The third kappa shape index (κ3) is 4.35. The number of amides is 1. The lowest BCUT2D eigenvalue weighted by Gasteiger charge is -2.06. The number of aryl methyl sites for hydroxylation is 1. The number of unbranched alkanes of at least 4 members (excludes halogenated alkanes) is 2. The van der Waals surface area contributed by atoms with Crippen molar-refractivity contribution in [3.63, 3.8) is 0 Å². The SMILES string of the molecule is CCCCCc1nnc(NC(=O)COc2ccc3c(c2)OCO3)s1. The highest BCUT2D eigenvalue weighted by Gasteiger charge is 2.14. The van der Waals surface area contributed by atoms with Gasteiger partial charge in [0.25, 0.3) is 5.91 Å². The average Bonchev–Trinajstić information content (AvgIpc) is 3.22. The number of carbonyl (C=O) groups excluding carboxylic acids is 1. The van der Waals surface area contributed by atoms with E-state index in [1.54, 1.807) is 18.2 Å². The lowest BCUT2D eigenvalue weighted by Crippen LogP contribution is -2.20. The molecular formula is C16H19N3O4S. The van der Waals surface area contributed by atoms with Crippen LogP contribution in [0.15, 0.2) is 18.2 Å². The van der Waals surface area contributed by atoms with Crippen LogP contribution in [0.25, 0.3) is 0 Å². The molecule has 24 heavy (non-hydrogen) atoms. The molecule has 3 rings (SSSR count). The summed E-state index contributed by atoms with van der Waals surface area (Å²) in [6.07, 6.45) is 4.33. The molecule has 1 aliphatic heterocycles. The molecule has 0 saturated carbocycles. The summed E-state index contributed by atoms with van der Waals surface area (Å²) in [7, 11) is 0. The van der Waals surface area contributed by atoms with E-state index in [-0.39, 0.29) is 19.3 Å². The molecule has 0 bridgehead atoms. The standard InChI is InChI=1S/C16H19N3O4S/c1-2-3-4-5-15-18-19-16(24-15)17-14(20)9-21-11-6-7-12-13(8-11)23-10-22-12/h6-8H,2-5,9-10H2,1H3,(H,17,19,20). The molecule has 1 N–H and O–H groups in total. The minimum absolute atomic E-state index is 0.107. The molecule has 0 spiro atoms. The number of nitrogens with one attached hydrogen (secondary N) is 1. The molecule has 0 saturated heterocycles. The van der Waals surface area contributed by atoms with E-state index < -0.39 is 0 Å². The first-order valence-electron chi connectivity index (χ1n) is 7.89. The normalized spacial score (nSPS) is 12.2. The third-order valence-corrected chi connectivity index (χ3v) is 4.32. The van der Waals surface area contributed by atoms with Gasteiger partial charge in [-0.05, 0) is 18.6 Å². The maximum atomic E-state index is 11.9. The Morgan fingerprint density at radius 3 is 3.04 bits per heavy atom. The van der Waals surface area contributed by atoms with Crippen molar-refractivity contribution in [3.8, 4) is 17.2 Å². The number of aromatic nitrogens is 2. The van der Waals surface area contributed by atoms with Crippen LogP contribution in [-0.4, -0.2) is 29.5 Å². The summed E-state index contributed by atoms with van der Waals surface area (Å²) in [5.41, 5.74) is 0. The molecule has 1 aliphatic rings. The van der Waals surface area contributed by atoms with Crippen molar-refractivity contribution in [3.05, 3.63) is 23.2 Å². The lowest BCUT2D eigenvalue weighted by molar-refractivity contribution is -0.118. The van der Waals surface area contributed by atoms with Gasteiger partial charge in [-0.25, -0.2) is 0 Å².